The second-order valence-corrected chi connectivity index (χ2v) is 5.88. The molecule has 0 saturated carbocycles. The summed E-state index contributed by atoms with van der Waals surface area (Å²) in [5, 5.41) is 7.44. The van der Waals surface area contributed by atoms with Crippen LogP contribution in [0.2, 0.25) is 0 Å². The molecule has 0 bridgehead atoms. The zero-order valence-electron chi connectivity index (χ0n) is 12.1. The lowest BCUT2D eigenvalue weighted by atomic mass is 10.1. The van der Waals surface area contributed by atoms with Gasteiger partial charge in [-0.25, -0.2) is 4.98 Å². The van der Waals surface area contributed by atoms with E-state index in [1.807, 2.05) is 18.2 Å². The number of nitrogens with zero attached hydrogens (tertiary/aromatic N) is 2. The van der Waals surface area contributed by atoms with E-state index in [4.69, 9.17) is 4.74 Å². The van der Waals surface area contributed by atoms with Gasteiger partial charge < -0.3 is 4.74 Å². The van der Waals surface area contributed by atoms with Crippen molar-refractivity contribution < 1.29 is 4.74 Å². The Hall–Kier alpha value is -2.27. The Kier molecular flexibility index (Phi) is 5.10. The number of rotatable bonds is 7. The van der Waals surface area contributed by atoms with Crippen molar-refractivity contribution in [3.8, 4) is 5.75 Å². The lowest BCUT2D eigenvalue weighted by molar-refractivity contribution is 0.344. The summed E-state index contributed by atoms with van der Waals surface area (Å²) in [6, 6.07) is 18.7. The number of aromatic nitrogens is 3. The van der Waals surface area contributed by atoms with Crippen molar-refractivity contribution in [3.63, 3.8) is 0 Å². The number of hydrogen-bond donors (Lipinski definition) is 1. The molecule has 0 aliphatic heterocycles. The molecule has 0 saturated heterocycles. The summed E-state index contributed by atoms with van der Waals surface area (Å²) in [6.07, 6.45) is 2.46. The number of hydrogen-bond acceptors (Lipinski definition) is 4. The number of nitrogens with one attached hydrogen (secondary N) is 1. The van der Waals surface area contributed by atoms with E-state index >= 15 is 0 Å². The number of ether oxygens (including phenoxy) is 1. The first-order valence-corrected chi connectivity index (χ1v) is 8.12. The molecule has 2 aromatic carbocycles. The molecule has 112 valence electrons. The molecule has 0 aliphatic rings. The van der Waals surface area contributed by atoms with Gasteiger partial charge in [0.05, 0.1) is 6.61 Å². The molecule has 1 N–H and O–H groups in total. The number of H-pyrrole nitrogens is 1. The highest BCUT2D eigenvalue weighted by Crippen LogP contribution is 2.16. The fourth-order valence-electron chi connectivity index (χ4n) is 2.10. The van der Waals surface area contributed by atoms with Gasteiger partial charge in [-0.2, -0.15) is 5.10 Å². The highest BCUT2D eigenvalue weighted by molar-refractivity contribution is 7.99. The standard InChI is InChI=1S/C17H17N3OS/c1-2-4-14(5-3-1)12-15-6-8-16(9-7-15)21-10-11-22-17-18-13-19-20-17/h1-9,13H,10-12H2,(H,18,19,20). The Morgan fingerprint density at radius 1 is 0.955 bits per heavy atom. The lowest BCUT2D eigenvalue weighted by Gasteiger charge is -2.07. The molecule has 3 rings (SSSR count). The van der Waals surface area contributed by atoms with Gasteiger partial charge in [0.1, 0.15) is 12.1 Å². The first kappa shape index (κ1) is 14.7. The lowest BCUT2D eigenvalue weighted by Crippen LogP contribution is -2.00. The summed E-state index contributed by atoms with van der Waals surface area (Å²) in [4.78, 5) is 4.05. The minimum absolute atomic E-state index is 0.642. The van der Waals surface area contributed by atoms with Crippen LogP contribution in [0.25, 0.3) is 0 Å². The number of benzene rings is 2. The predicted octanol–water partition coefficient (Wildman–Crippen LogP) is 3.57. The molecule has 0 atom stereocenters. The average Bonchev–Trinajstić information content (AvgIpc) is 3.07. The summed E-state index contributed by atoms with van der Waals surface area (Å²) in [6.45, 7) is 0.642. The van der Waals surface area contributed by atoms with Gasteiger partial charge in [0.15, 0.2) is 5.16 Å². The van der Waals surface area contributed by atoms with Crippen LogP contribution >= 0.6 is 11.8 Å². The van der Waals surface area contributed by atoms with Crippen LogP contribution in [0.5, 0.6) is 5.75 Å². The van der Waals surface area contributed by atoms with E-state index in [-0.39, 0.29) is 0 Å². The van der Waals surface area contributed by atoms with Crippen LogP contribution in [-0.2, 0) is 6.42 Å². The van der Waals surface area contributed by atoms with Crippen molar-refractivity contribution in [2.45, 2.75) is 11.6 Å². The molecule has 0 unspecified atom stereocenters. The van der Waals surface area contributed by atoms with E-state index in [2.05, 4.69) is 51.6 Å². The van der Waals surface area contributed by atoms with Gasteiger partial charge in [0.2, 0.25) is 0 Å². The molecule has 3 aromatic rings. The molecule has 5 heteroatoms. The van der Waals surface area contributed by atoms with Gasteiger partial charge in [-0.3, -0.25) is 5.10 Å². The first-order chi connectivity index (χ1) is 10.9. The Balaban J connectivity index is 1.45. The molecular weight excluding hydrogens is 294 g/mol. The SMILES string of the molecule is c1ccc(Cc2ccc(OCCSc3ncn[nH]3)cc2)cc1. The molecule has 1 heterocycles. The number of thioether (sulfide) groups is 1. The summed E-state index contributed by atoms with van der Waals surface area (Å²) >= 11 is 1.60. The fraction of sp³-hybridized carbons (Fsp3) is 0.176. The minimum Gasteiger partial charge on any atom is -0.493 e. The van der Waals surface area contributed by atoms with Gasteiger partial charge >= 0.3 is 0 Å². The van der Waals surface area contributed by atoms with Crippen molar-refractivity contribution in [1.29, 1.82) is 0 Å². The van der Waals surface area contributed by atoms with Crippen LogP contribution in [0.3, 0.4) is 0 Å². The first-order valence-electron chi connectivity index (χ1n) is 7.14. The summed E-state index contributed by atoms with van der Waals surface area (Å²) in [5.41, 5.74) is 2.61. The molecular formula is C17H17N3OS. The highest BCUT2D eigenvalue weighted by Gasteiger charge is 1.99. The third kappa shape index (κ3) is 4.36. The monoisotopic (exact) mass is 311 g/mol. The molecule has 0 fully saturated rings. The maximum Gasteiger partial charge on any atom is 0.183 e. The van der Waals surface area contributed by atoms with E-state index in [1.165, 1.54) is 17.5 Å². The van der Waals surface area contributed by atoms with E-state index in [0.717, 1.165) is 23.1 Å². The molecule has 1 aromatic heterocycles. The molecule has 0 aliphatic carbocycles. The summed E-state index contributed by atoms with van der Waals surface area (Å²) in [7, 11) is 0. The molecule has 22 heavy (non-hydrogen) atoms. The van der Waals surface area contributed by atoms with Crippen molar-refractivity contribution in [1.82, 2.24) is 15.2 Å². The largest absolute Gasteiger partial charge is 0.493 e. The zero-order chi connectivity index (χ0) is 15.0. The molecule has 0 radical (unpaired) electrons. The van der Waals surface area contributed by atoms with E-state index in [0.29, 0.717) is 6.61 Å². The third-order valence-electron chi connectivity index (χ3n) is 3.16. The summed E-state index contributed by atoms with van der Waals surface area (Å²) < 4.78 is 5.73. The number of aromatic amines is 1. The van der Waals surface area contributed by atoms with E-state index < -0.39 is 0 Å². The van der Waals surface area contributed by atoms with Crippen LogP contribution in [0, 0.1) is 0 Å². The Morgan fingerprint density at radius 2 is 1.73 bits per heavy atom. The van der Waals surface area contributed by atoms with Crippen molar-refractivity contribution >= 4 is 11.8 Å². The maximum atomic E-state index is 5.73. The minimum atomic E-state index is 0.642. The molecule has 4 nitrogen and oxygen atoms in total. The summed E-state index contributed by atoms with van der Waals surface area (Å²) in [5.74, 6) is 1.73. The molecule has 0 amide bonds. The average molecular weight is 311 g/mol. The normalized spacial score (nSPS) is 10.5. The van der Waals surface area contributed by atoms with Crippen LogP contribution in [0.4, 0.5) is 0 Å². The van der Waals surface area contributed by atoms with Gasteiger partial charge in [0.25, 0.3) is 0 Å². The fourth-order valence-corrected chi connectivity index (χ4v) is 2.70. The third-order valence-corrected chi connectivity index (χ3v) is 4.00. The Bertz CT molecular complexity index is 669. The Morgan fingerprint density at radius 3 is 2.45 bits per heavy atom. The zero-order valence-corrected chi connectivity index (χ0v) is 12.9. The van der Waals surface area contributed by atoms with Gasteiger partial charge in [-0.05, 0) is 29.7 Å². The van der Waals surface area contributed by atoms with Crippen LogP contribution in [0.15, 0.2) is 66.1 Å². The topological polar surface area (TPSA) is 50.8 Å². The van der Waals surface area contributed by atoms with Crippen molar-refractivity contribution in [2.75, 3.05) is 12.4 Å². The highest BCUT2D eigenvalue weighted by atomic mass is 32.2. The van der Waals surface area contributed by atoms with Gasteiger partial charge in [-0.15, -0.1) is 0 Å². The van der Waals surface area contributed by atoms with Crippen LogP contribution in [0.1, 0.15) is 11.1 Å². The second-order valence-electron chi connectivity index (χ2n) is 4.79. The Labute approximate surface area is 133 Å². The quantitative estimate of drug-likeness (QED) is 0.535. The van der Waals surface area contributed by atoms with E-state index in [1.54, 1.807) is 11.8 Å². The van der Waals surface area contributed by atoms with Crippen LogP contribution < -0.4 is 4.74 Å². The second kappa shape index (κ2) is 7.66. The molecule has 0 spiro atoms. The van der Waals surface area contributed by atoms with Crippen molar-refractivity contribution in [2.24, 2.45) is 0 Å². The predicted molar refractivity (Wildman–Crippen MR) is 88.3 cm³/mol. The van der Waals surface area contributed by atoms with Gasteiger partial charge in [-0.1, -0.05) is 54.2 Å². The van der Waals surface area contributed by atoms with E-state index in [9.17, 15) is 0 Å². The maximum absolute atomic E-state index is 5.73. The van der Waals surface area contributed by atoms with Gasteiger partial charge in [0, 0.05) is 5.75 Å². The smallest absolute Gasteiger partial charge is 0.183 e. The van der Waals surface area contributed by atoms with Crippen LogP contribution in [-0.4, -0.2) is 27.5 Å². The van der Waals surface area contributed by atoms with Crippen molar-refractivity contribution in [3.05, 3.63) is 72.1 Å².